The zero-order valence-corrected chi connectivity index (χ0v) is 13.4. The van der Waals surface area contributed by atoms with E-state index in [1.54, 1.807) is 0 Å². The van der Waals surface area contributed by atoms with E-state index in [0.717, 1.165) is 38.0 Å². The molecule has 0 aromatic heterocycles. The second-order valence-electron chi connectivity index (χ2n) is 6.66. The summed E-state index contributed by atoms with van der Waals surface area (Å²) in [4.78, 5) is 17.2. The van der Waals surface area contributed by atoms with Crippen molar-refractivity contribution < 1.29 is 14.3 Å². The molecule has 4 rings (SSSR count). The summed E-state index contributed by atoms with van der Waals surface area (Å²) in [5.74, 6) is 1.45. The number of piperazine rings is 1. The lowest BCUT2D eigenvalue weighted by atomic mass is 10.1. The first kappa shape index (κ1) is 14.8. The van der Waals surface area contributed by atoms with Crippen molar-refractivity contribution in [3.63, 3.8) is 0 Å². The van der Waals surface area contributed by atoms with Gasteiger partial charge in [0, 0.05) is 32.2 Å². The molecule has 0 N–H and O–H groups in total. The van der Waals surface area contributed by atoms with Crippen LogP contribution in [-0.2, 0) is 4.79 Å². The number of nitrogens with zero attached hydrogens (tertiary/aromatic N) is 2. The van der Waals surface area contributed by atoms with Gasteiger partial charge in [-0.25, -0.2) is 0 Å². The fourth-order valence-electron chi connectivity index (χ4n) is 3.92. The smallest absolute Gasteiger partial charge is 0.267 e. The number of benzene rings is 1. The summed E-state index contributed by atoms with van der Waals surface area (Å²) in [6, 6.07) is 8.28. The molecule has 1 aliphatic carbocycles. The van der Waals surface area contributed by atoms with Gasteiger partial charge in [0.05, 0.1) is 0 Å². The Morgan fingerprint density at radius 3 is 2.43 bits per heavy atom. The molecular weight excluding hydrogens is 292 g/mol. The molecule has 3 aliphatic rings. The number of hydrogen-bond acceptors (Lipinski definition) is 4. The number of carbonyl (C=O) groups is 1. The molecule has 2 heterocycles. The van der Waals surface area contributed by atoms with Crippen LogP contribution in [0.15, 0.2) is 24.3 Å². The summed E-state index contributed by atoms with van der Waals surface area (Å²) in [6.07, 6.45) is 4.85. The second-order valence-corrected chi connectivity index (χ2v) is 6.66. The van der Waals surface area contributed by atoms with Crippen molar-refractivity contribution in [2.75, 3.05) is 32.8 Å². The van der Waals surface area contributed by atoms with Gasteiger partial charge in [-0.3, -0.25) is 9.69 Å². The highest BCUT2D eigenvalue weighted by atomic mass is 16.6. The maximum atomic E-state index is 12.7. The Kier molecular flexibility index (Phi) is 4.12. The van der Waals surface area contributed by atoms with Gasteiger partial charge >= 0.3 is 0 Å². The van der Waals surface area contributed by atoms with Crippen molar-refractivity contribution in [1.82, 2.24) is 9.80 Å². The van der Waals surface area contributed by atoms with Crippen LogP contribution in [0.25, 0.3) is 0 Å². The van der Waals surface area contributed by atoms with Crippen LogP contribution in [-0.4, -0.2) is 60.6 Å². The van der Waals surface area contributed by atoms with Crippen LogP contribution >= 0.6 is 0 Å². The fourth-order valence-corrected chi connectivity index (χ4v) is 3.92. The zero-order chi connectivity index (χ0) is 15.6. The summed E-state index contributed by atoms with van der Waals surface area (Å²) in [7, 11) is 0. The van der Waals surface area contributed by atoms with Crippen LogP contribution in [0.5, 0.6) is 11.5 Å². The molecule has 5 heteroatoms. The van der Waals surface area contributed by atoms with E-state index >= 15 is 0 Å². The number of amides is 1. The predicted octanol–water partition coefficient (Wildman–Crippen LogP) is 1.91. The Balaban J connectivity index is 1.34. The maximum Gasteiger partial charge on any atom is 0.267 e. The van der Waals surface area contributed by atoms with Gasteiger partial charge in [0.1, 0.15) is 6.61 Å². The summed E-state index contributed by atoms with van der Waals surface area (Å²) < 4.78 is 11.5. The molecule has 0 radical (unpaired) electrons. The van der Waals surface area contributed by atoms with Gasteiger partial charge in [-0.05, 0) is 25.0 Å². The minimum absolute atomic E-state index is 0.0607. The zero-order valence-electron chi connectivity index (χ0n) is 13.4. The average Bonchev–Trinajstić information content (AvgIpc) is 3.15. The van der Waals surface area contributed by atoms with Gasteiger partial charge in [-0.2, -0.15) is 0 Å². The van der Waals surface area contributed by atoms with E-state index in [1.165, 1.54) is 25.7 Å². The monoisotopic (exact) mass is 316 g/mol. The van der Waals surface area contributed by atoms with E-state index in [0.29, 0.717) is 12.4 Å². The molecule has 5 nitrogen and oxygen atoms in total. The Labute approximate surface area is 137 Å². The Hall–Kier alpha value is -1.75. The molecule has 124 valence electrons. The third kappa shape index (κ3) is 3.02. The number of ether oxygens (including phenoxy) is 2. The SMILES string of the molecule is O=C(C1COc2ccccc2O1)N1CCN(C2CCCC2)CC1. The second kappa shape index (κ2) is 6.40. The quantitative estimate of drug-likeness (QED) is 0.836. The van der Waals surface area contributed by atoms with E-state index in [9.17, 15) is 4.79 Å². The molecule has 1 aromatic rings. The Morgan fingerprint density at radius 1 is 1.00 bits per heavy atom. The molecule has 0 spiro atoms. The third-order valence-electron chi connectivity index (χ3n) is 5.25. The van der Waals surface area contributed by atoms with Gasteiger partial charge in [0.15, 0.2) is 11.5 Å². The Bertz CT molecular complexity index is 563. The summed E-state index contributed by atoms with van der Waals surface area (Å²) in [6.45, 7) is 3.88. The highest BCUT2D eigenvalue weighted by Crippen LogP contribution is 2.31. The third-order valence-corrected chi connectivity index (χ3v) is 5.25. The van der Waals surface area contributed by atoms with E-state index in [-0.39, 0.29) is 5.91 Å². The van der Waals surface area contributed by atoms with E-state index in [4.69, 9.17) is 9.47 Å². The number of para-hydroxylation sites is 2. The van der Waals surface area contributed by atoms with Crippen molar-refractivity contribution in [2.45, 2.75) is 37.8 Å². The lowest BCUT2D eigenvalue weighted by Crippen LogP contribution is -2.55. The molecule has 2 aliphatic heterocycles. The number of fused-ring (bicyclic) bond motifs is 1. The van der Waals surface area contributed by atoms with Crippen LogP contribution < -0.4 is 9.47 Å². The lowest BCUT2D eigenvalue weighted by Gasteiger charge is -2.39. The predicted molar refractivity (Wildman–Crippen MR) is 86.8 cm³/mol. The normalized spacial score (nSPS) is 25.6. The molecule has 1 saturated carbocycles. The molecule has 1 amide bonds. The van der Waals surface area contributed by atoms with Crippen LogP contribution in [0, 0.1) is 0 Å². The number of rotatable bonds is 2. The first-order valence-corrected chi connectivity index (χ1v) is 8.72. The minimum Gasteiger partial charge on any atom is -0.485 e. The van der Waals surface area contributed by atoms with Crippen molar-refractivity contribution in [3.8, 4) is 11.5 Å². The topological polar surface area (TPSA) is 42.0 Å². The minimum atomic E-state index is -0.511. The first-order valence-electron chi connectivity index (χ1n) is 8.72. The van der Waals surface area contributed by atoms with E-state index in [2.05, 4.69) is 4.90 Å². The van der Waals surface area contributed by atoms with E-state index in [1.807, 2.05) is 29.2 Å². The van der Waals surface area contributed by atoms with Gasteiger partial charge in [-0.15, -0.1) is 0 Å². The number of carbonyl (C=O) groups excluding carboxylic acids is 1. The fraction of sp³-hybridized carbons (Fsp3) is 0.611. The van der Waals surface area contributed by atoms with Crippen LogP contribution in [0.4, 0.5) is 0 Å². The molecule has 1 aromatic carbocycles. The Morgan fingerprint density at radius 2 is 1.70 bits per heavy atom. The van der Waals surface area contributed by atoms with Gasteiger partial charge < -0.3 is 14.4 Å². The van der Waals surface area contributed by atoms with Crippen molar-refractivity contribution >= 4 is 5.91 Å². The summed E-state index contributed by atoms with van der Waals surface area (Å²) >= 11 is 0. The molecule has 2 fully saturated rings. The van der Waals surface area contributed by atoms with Gasteiger partial charge in [0.25, 0.3) is 5.91 Å². The highest BCUT2D eigenvalue weighted by Gasteiger charge is 2.34. The van der Waals surface area contributed by atoms with Crippen molar-refractivity contribution in [2.24, 2.45) is 0 Å². The standard InChI is InChI=1S/C18H24N2O3/c21-18(17-13-22-15-7-3-4-8-16(15)23-17)20-11-9-19(10-12-20)14-5-1-2-6-14/h3-4,7-8,14,17H,1-2,5-6,9-13H2. The molecular formula is C18H24N2O3. The van der Waals surface area contributed by atoms with Crippen molar-refractivity contribution in [3.05, 3.63) is 24.3 Å². The van der Waals surface area contributed by atoms with Crippen LogP contribution in [0.3, 0.4) is 0 Å². The van der Waals surface area contributed by atoms with Gasteiger partial charge in [-0.1, -0.05) is 25.0 Å². The van der Waals surface area contributed by atoms with Crippen LogP contribution in [0.1, 0.15) is 25.7 Å². The molecule has 23 heavy (non-hydrogen) atoms. The molecule has 1 unspecified atom stereocenters. The average molecular weight is 316 g/mol. The highest BCUT2D eigenvalue weighted by molar-refractivity contribution is 5.82. The molecule has 1 atom stereocenters. The van der Waals surface area contributed by atoms with Crippen LogP contribution in [0.2, 0.25) is 0 Å². The van der Waals surface area contributed by atoms with E-state index < -0.39 is 6.10 Å². The largest absolute Gasteiger partial charge is 0.485 e. The maximum absolute atomic E-state index is 12.7. The summed E-state index contributed by atoms with van der Waals surface area (Å²) in [5, 5.41) is 0. The van der Waals surface area contributed by atoms with Gasteiger partial charge in [0.2, 0.25) is 6.10 Å². The lowest BCUT2D eigenvalue weighted by molar-refractivity contribution is -0.143. The number of hydrogen-bond donors (Lipinski definition) is 0. The molecule has 1 saturated heterocycles. The summed E-state index contributed by atoms with van der Waals surface area (Å²) in [5.41, 5.74) is 0. The first-order chi connectivity index (χ1) is 11.3. The van der Waals surface area contributed by atoms with Crippen molar-refractivity contribution in [1.29, 1.82) is 0 Å². The molecule has 0 bridgehead atoms.